The zero-order valence-electron chi connectivity index (χ0n) is 19.3. The van der Waals surface area contributed by atoms with Crippen LogP contribution in [-0.2, 0) is 14.8 Å². The van der Waals surface area contributed by atoms with Crippen LogP contribution in [0.25, 0.3) is 0 Å². The maximum atomic E-state index is 13.3. The third kappa shape index (κ3) is 5.72. The highest BCUT2D eigenvalue weighted by molar-refractivity contribution is 7.89. The highest BCUT2D eigenvalue weighted by Crippen LogP contribution is 2.30. The van der Waals surface area contributed by atoms with E-state index in [0.29, 0.717) is 31.7 Å². The lowest BCUT2D eigenvalue weighted by Gasteiger charge is -2.23. The van der Waals surface area contributed by atoms with Crippen LogP contribution in [0.3, 0.4) is 0 Å². The molecule has 0 saturated carbocycles. The van der Waals surface area contributed by atoms with Gasteiger partial charge >= 0.3 is 0 Å². The molecule has 0 bridgehead atoms. The first-order chi connectivity index (χ1) is 15.8. The number of methoxy groups -OCH3 is 1. The minimum Gasteiger partial charge on any atom is -0.495 e. The van der Waals surface area contributed by atoms with Gasteiger partial charge in [0, 0.05) is 30.9 Å². The van der Waals surface area contributed by atoms with Gasteiger partial charge < -0.3 is 15.0 Å². The van der Waals surface area contributed by atoms with Gasteiger partial charge in [0.1, 0.15) is 17.2 Å². The number of nitrogens with zero attached hydrogens (tertiary/aromatic N) is 2. The first-order valence-electron chi connectivity index (χ1n) is 11.1. The number of nitrogens with one attached hydrogen (secondary N) is 1. The van der Waals surface area contributed by atoms with Crippen molar-refractivity contribution in [2.24, 2.45) is 0 Å². The van der Waals surface area contributed by atoms with Gasteiger partial charge in [0.15, 0.2) is 0 Å². The van der Waals surface area contributed by atoms with Crippen LogP contribution >= 0.6 is 0 Å². The van der Waals surface area contributed by atoms with E-state index >= 15 is 0 Å². The number of para-hydroxylation sites is 1. The van der Waals surface area contributed by atoms with Crippen molar-refractivity contribution in [1.29, 1.82) is 0 Å². The summed E-state index contributed by atoms with van der Waals surface area (Å²) in [6.07, 6.45) is 2.26. The van der Waals surface area contributed by atoms with E-state index in [1.54, 1.807) is 6.07 Å². The van der Waals surface area contributed by atoms with E-state index in [-0.39, 0.29) is 28.7 Å². The van der Waals surface area contributed by atoms with E-state index in [0.717, 1.165) is 18.4 Å². The molecule has 1 N–H and O–H groups in total. The average Bonchev–Trinajstić information content (AvgIpc) is 3.35. The average molecular weight is 474 g/mol. The molecule has 3 rings (SSSR count). The van der Waals surface area contributed by atoms with Crippen molar-refractivity contribution < 1.29 is 22.7 Å². The van der Waals surface area contributed by atoms with Gasteiger partial charge in [0.25, 0.3) is 5.91 Å². The standard InChI is InChI=1S/C24H31N3O5S/c1-4-13-26(17-23(28)25-20-10-6-5-9-18(20)2)24(29)19-11-12-21(32-3)22(16-19)33(30,31)27-14-7-8-15-27/h5-6,9-12,16H,4,7-8,13-15,17H2,1-3H3,(H,25,28). The number of carbonyl (C=O) groups excluding carboxylic acids is 2. The van der Waals surface area contributed by atoms with Crippen LogP contribution in [0.4, 0.5) is 5.69 Å². The van der Waals surface area contributed by atoms with Crippen LogP contribution < -0.4 is 10.1 Å². The van der Waals surface area contributed by atoms with Gasteiger partial charge in [-0.2, -0.15) is 4.31 Å². The van der Waals surface area contributed by atoms with Crippen LogP contribution in [0.1, 0.15) is 42.1 Å². The number of aryl methyl sites for hydroxylation is 1. The number of hydrogen-bond acceptors (Lipinski definition) is 5. The Morgan fingerprint density at radius 1 is 1.12 bits per heavy atom. The summed E-state index contributed by atoms with van der Waals surface area (Å²) in [6, 6.07) is 11.8. The molecule has 9 heteroatoms. The molecule has 0 radical (unpaired) electrons. The Balaban J connectivity index is 1.84. The second kappa shape index (κ2) is 10.8. The number of sulfonamides is 1. The molecule has 0 aliphatic carbocycles. The van der Waals surface area contributed by atoms with E-state index in [1.165, 1.54) is 34.5 Å². The molecular weight excluding hydrogens is 442 g/mol. The monoisotopic (exact) mass is 473 g/mol. The van der Waals surface area contributed by atoms with Crippen LogP contribution in [0, 0.1) is 6.92 Å². The Morgan fingerprint density at radius 2 is 1.82 bits per heavy atom. The summed E-state index contributed by atoms with van der Waals surface area (Å²) < 4.78 is 33.0. The lowest BCUT2D eigenvalue weighted by Crippen LogP contribution is -2.38. The summed E-state index contributed by atoms with van der Waals surface area (Å²) >= 11 is 0. The SMILES string of the molecule is CCCN(CC(=O)Nc1ccccc1C)C(=O)c1ccc(OC)c(S(=O)(=O)N2CCCC2)c1. The number of ether oxygens (including phenoxy) is 1. The highest BCUT2D eigenvalue weighted by atomic mass is 32.2. The number of rotatable bonds is 9. The van der Waals surface area contributed by atoms with Crippen molar-refractivity contribution in [3.63, 3.8) is 0 Å². The molecule has 0 atom stereocenters. The fourth-order valence-electron chi connectivity index (χ4n) is 3.86. The zero-order valence-corrected chi connectivity index (χ0v) is 20.2. The molecule has 33 heavy (non-hydrogen) atoms. The molecule has 1 aliphatic rings. The quantitative estimate of drug-likeness (QED) is 0.603. The predicted octanol–water partition coefficient (Wildman–Crippen LogP) is 3.28. The minimum absolute atomic E-state index is 0.0291. The normalized spacial score (nSPS) is 14.2. The van der Waals surface area contributed by atoms with E-state index < -0.39 is 15.9 Å². The summed E-state index contributed by atoms with van der Waals surface area (Å²) in [5.74, 6) is -0.528. The Labute approximate surface area is 195 Å². The first-order valence-corrected chi connectivity index (χ1v) is 12.5. The summed E-state index contributed by atoms with van der Waals surface area (Å²) in [4.78, 5) is 27.3. The van der Waals surface area contributed by atoms with Crippen molar-refractivity contribution in [2.45, 2.75) is 38.0 Å². The van der Waals surface area contributed by atoms with Gasteiger partial charge in [-0.25, -0.2) is 8.42 Å². The Kier molecular flexibility index (Phi) is 8.10. The summed E-state index contributed by atoms with van der Waals surface area (Å²) in [5.41, 5.74) is 1.81. The molecule has 0 spiro atoms. The number of carbonyl (C=O) groups is 2. The van der Waals surface area contributed by atoms with E-state index in [9.17, 15) is 18.0 Å². The van der Waals surface area contributed by atoms with Crippen LogP contribution in [0.5, 0.6) is 5.75 Å². The van der Waals surface area contributed by atoms with E-state index in [2.05, 4.69) is 5.32 Å². The molecule has 2 aromatic rings. The molecule has 1 fully saturated rings. The topological polar surface area (TPSA) is 96.0 Å². The Morgan fingerprint density at radius 3 is 2.45 bits per heavy atom. The lowest BCUT2D eigenvalue weighted by atomic mass is 10.1. The molecule has 1 saturated heterocycles. The van der Waals surface area contributed by atoms with Crippen LogP contribution in [-0.4, -0.2) is 62.7 Å². The second-order valence-corrected chi connectivity index (χ2v) is 9.97. The fraction of sp³-hybridized carbons (Fsp3) is 0.417. The minimum atomic E-state index is -3.79. The smallest absolute Gasteiger partial charge is 0.254 e. The van der Waals surface area contributed by atoms with Crippen molar-refractivity contribution in [2.75, 3.05) is 38.6 Å². The number of amides is 2. The van der Waals surface area contributed by atoms with Gasteiger partial charge in [0.05, 0.1) is 7.11 Å². The molecule has 0 unspecified atom stereocenters. The lowest BCUT2D eigenvalue weighted by molar-refractivity contribution is -0.116. The summed E-state index contributed by atoms with van der Waals surface area (Å²) in [7, 11) is -2.38. The molecular formula is C24H31N3O5S. The van der Waals surface area contributed by atoms with Gasteiger partial charge in [-0.1, -0.05) is 25.1 Å². The third-order valence-corrected chi connectivity index (χ3v) is 7.55. The van der Waals surface area contributed by atoms with Gasteiger partial charge in [-0.05, 0) is 56.0 Å². The largest absolute Gasteiger partial charge is 0.495 e. The number of benzene rings is 2. The molecule has 1 aliphatic heterocycles. The van der Waals surface area contributed by atoms with E-state index in [4.69, 9.17) is 4.74 Å². The Hall–Kier alpha value is -2.91. The summed E-state index contributed by atoms with van der Waals surface area (Å²) in [6.45, 7) is 4.93. The van der Waals surface area contributed by atoms with E-state index in [1.807, 2.05) is 32.0 Å². The van der Waals surface area contributed by atoms with Crippen molar-refractivity contribution in [3.8, 4) is 5.75 Å². The van der Waals surface area contributed by atoms with Gasteiger partial charge in [-0.15, -0.1) is 0 Å². The molecule has 8 nitrogen and oxygen atoms in total. The maximum Gasteiger partial charge on any atom is 0.254 e. The summed E-state index contributed by atoms with van der Waals surface area (Å²) in [5, 5.41) is 2.84. The third-order valence-electron chi connectivity index (χ3n) is 5.63. The Bertz CT molecular complexity index is 1110. The maximum absolute atomic E-state index is 13.3. The molecule has 1 heterocycles. The number of anilines is 1. The predicted molar refractivity (Wildman–Crippen MR) is 127 cm³/mol. The molecule has 2 amide bonds. The van der Waals surface area contributed by atoms with Crippen LogP contribution in [0.15, 0.2) is 47.4 Å². The molecule has 0 aromatic heterocycles. The molecule has 178 valence electrons. The number of hydrogen-bond donors (Lipinski definition) is 1. The van der Waals surface area contributed by atoms with Crippen molar-refractivity contribution in [3.05, 3.63) is 53.6 Å². The first kappa shape index (κ1) is 24.7. The zero-order chi connectivity index (χ0) is 24.0. The second-order valence-electron chi connectivity index (χ2n) is 8.07. The fourth-order valence-corrected chi connectivity index (χ4v) is 5.56. The van der Waals surface area contributed by atoms with Crippen molar-refractivity contribution in [1.82, 2.24) is 9.21 Å². The molecule has 2 aromatic carbocycles. The highest BCUT2D eigenvalue weighted by Gasteiger charge is 2.31. The van der Waals surface area contributed by atoms with Gasteiger partial charge in [-0.3, -0.25) is 9.59 Å². The van der Waals surface area contributed by atoms with Gasteiger partial charge in [0.2, 0.25) is 15.9 Å². The van der Waals surface area contributed by atoms with Crippen LogP contribution in [0.2, 0.25) is 0 Å². The van der Waals surface area contributed by atoms with Crippen molar-refractivity contribution >= 4 is 27.5 Å².